The van der Waals surface area contributed by atoms with Crippen LogP contribution < -0.4 is 5.32 Å². The normalized spacial score (nSPS) is 22.3. The zero-order chi connectivity index (χ0) is 12.4. The summed E-state index contributed by atoms with van der Waals surface area (Å²) in [6, 6.07) is 0.833. The highest BCUT2D eigenvalue weighted by atomic mass is 32.1. The van der Waals surface area contributed by atoms with Crippen molar-refractivity contribution in [1.82, 2.24) is 10.3 Å². The molecule has 1 aromatic rings. The quantitative estimate of drug-likeness (QED) is 0.897. The average Bonchev–Trinajstić information content (AvgIpc) is 2.86. The zero-order valence-electron chi connectivity index (χ0n) is 11.1. The van der Waals surface area contributed by atoms with E-state index in [1.807, 2.05) is 11.3 Å². The van der Waals surface area contributed by atoms with E-state index in [0.29, 0.717) is 18.0 Å². The number of aryl methyl sites for hydroxylation is 2. The Balaban J connectivity index is 2.19. The van der Waals surface area contributed by atoms with Crippen LogP contribution in [0, 0.1) is 19.8 Å². The molecule has 0 aliphatic carbocycles. The SMILES string of the molecule is Cc1nc(C(NC(C)C)C2CCOC2)sc1C. The van der Waals surface area contributed by atoms with Crippen molar-refractivity contribution in [2.24, 2.45) is 5.92 Å². The average molecular weight is 254 g/mol. The van der Waals surface area contributed by atoms with Gasteiger partial charge < -0.3 is 10.1 Å². The second kappa shape index (κ2) is 5.46. The summed E-state index contributed by atoms with van der Waals surface area (Å²) in [6.07, 6.45) is 1.14. The van der Waals surface area contributed by atoms with Gasteiger partial charge in [-0.25, -0.2) is 4.98 Å². The first-order valence-electron chi connectivity index (χ1n) is 6.35. The Morgan fingerprint density at radius 3 is 2.65 bits per heavy atom. The van der Waals surface area contributed by atoms with Crippen LogP contribution in [-0.4, -0.2) is 24.2 Å². The van der Waals surface area contributed by atoms with Crippen LogP contribution in [0.25, 0.3) is 0 Å². The van der Waals surface area contributed by atoms with Crippen LogP contribution in [0.1, 0.15) is 41.9 Å². The Hall–Kier alpha value is -0.450. The summed E-state index contributed by atoms with van der Waals surface area (Å²) < 4.78 is 5.52. The molecule has 1 aromatic heterocycles. The minimum atomic E-state index is 0.356. The van der Waals surface area contributed by atoms with Crippen LogP contribution >= 0.6 is 11.3 Å². The van der Waals surface area contributed by atoms with E-state index in [9.17, 15) is 0 Å². The summed E-state index contributed by atoms with van der Waals surface area (Å²) in [7, 11) is 0. The second-order valence-corrected chi connectivity index (χ2v) is 6.35. The monoisotopic (exact) mass is 254 g/mol. The smallest absolute Gasteiger partial charge is 0.110 e. The van der Waals surface area contributed by atoms with Gasteiger partial charge in [-0.1, -0.05) is 13.8 Å². The summed E-state index contributed by atoms with van der Waals surface area (Å²) >= 11 is 1.82. The molecule has 0 amide bonds. The standard InChI is InChI=1S/C13H22N2OS/c1-8(2)14-12(11-5-6-16-7-11)13-15-9(3)10(4)17-13/h8,11-12,14H,5-7H2,1-4H3. The lowest BCUT2D eigenvalue weighted by Gasteiger charge is -2.24. The number of thiazole rings is 1. The Morgan fingerprint density at radius 2 is 2.18 bits per heavy atom. The molecule has 4 heteroatoms. The lowest BCUT2D eigenvalue weighted by atomic mass is 9.99. The Morgan fingerprint density at radius 1 is 1.41 bits per heavy atom. The van der Waals surface area contributed by atoms with Crippen molar-refractivity contribution < 1.29 is 4.74 Å². The maximum atomic E-state index is 5.52. The first-order valence-corrected chi connectivity index (χ1v) is 7.17. The van der Waals surface area contributed by atoms with Crippen LogP contribution in [0.3, 0.4) is 0 Å². The highest BCUT2D eigenvalue weighted by molar-refractivity contribution is 7.11. The highest BCUT2D eigenvalue weighted by Gasteiger charge is 2.29. The number of hydrogen-bond donors (Lipinski definition) is 1. The summed E-state index contributed by atoms with van der Waals surface area (Å²) in [5, 5.41) is 4.87. The number of nitrogens with one attached hydrogen (secondary N) is 1. The molecule has 1 aliphatic heterocycles. The maximum Gasteiger partial charge on any atom is 0.110 e. The molecule has 0 aromatic carbocycles. The van der Waals surface area contributed by atoms with E-state index in [-0.39, 0.29) is 0 Å². The Labute approximate surface area is 108 Å². The van der Waals surface area contributed by atoms with Gasteiger partial charge in [0.1, 0.15) is 5.01 Å². The third kappa shape index (κ3) is 3.06. The van der Waals surface area contributed by atoms with E-state index < -0.39 is 0 Å². The van der Waals surface area contributed by atoms with Crippen molar-refractivity contribution in [2.75, 3.05) is 13.2 Å². The van der Waals surface area contributed by atoms with Crippen molar-refractivity contribution in [3.8, 4) is 0 Å². The van der Waals surface area contributed by atoms with E-state index >= 15 is 0 Å². The van der Waals surface area contributed by atoms with Gasteiger partial charge in [0.15, 0.2) is 0 Å². The predicted octanol–water partition coefficient (Wildman–Crippen LogP) is 2.84. The van der Waals surface area contributed by atoms with Crippen LogP contribution in [0.2, 0.25) is 0 Å². The van der Waals surface area contributed by atoms with Gasteiger partial charge in [-0.15, -0.1) is 11.3 Å². The first-order chi connectivity index (χ1) is 8.08. The van der Waals surface area contributed by atoms with Crippen molar-refractivity contribution in [1.29, 1.82) is 0 Å². The Kier molecular flexibility index (Phi) is 4.17. The van der Waals surface area contributed by atoms with E-state index in [2.05, 4.69) is 33.0 Å². The van der Waals surface area contributed by atoms with E-state index in [0.717, 1.165) is 19.6 Å². The van der Waals surface area contributed by atoms with Crippen LogP contribution in [0.5, 0.6) is 0 Å². The fraction of sp³-hybridized carbons (Fsp3) is 0.769. The maximum absolute atomic E-state index is 5.52. The summed E-state index contributed by atoms with van der Waals surface area (Å²) in [5.74, 6) is 0.572. The molecule has 96 valence electrons. The van der Waals surface area contributed by atoms with Gasteiger partial charge in [0.05, 0.1) is 18.3 Å². The van der Waals surface area contributed by atoms with E-state index in [1.54, 1.807) is 0 Å². The lowest BCUT2D eigenvalue weighted by Crippen LogP contribution is -2.33. The summed E-state index contributed by atoms with van der Waals surface area (Å²) in [5.41, 5.74) is 1.17. The van der Waals surface area contributed by atoms with Gasteiger partial charge in [0, 0.05) is 23.4 Å². The Bertz CT molecular complexity index is 350. The molecule has 2 heterocycles. The van der Waals surface area contributed by atoms with Gasteiger partial charge >= 0.3 is 0 Å². The molecular formula is C13H22N2OS. The van der Waals surface area contributed by atoms with Crippen LogP contribution in [0.4, 0.5) is 0 Å². The molecule has 2 atom stereocenters. The molecule has 0 radical (unpaired) electrons. The fourth-order valence-corrected chi connectivity index (χ4v) is 3.29. The zero-order valence-corrected chi connectivity index (χ0v) is 11.9. The third-order valence-electron chi connectivity index (χ3n) is 3.26. The molecule has 1 aliphatic rings. The topological polar surface area (TPSA) is 34.2 Å². The van der Waals surface area contributed by atoms with E-state index in [4.69, 9.17) is 9.72 Å². The number of aromatic nitrogens is 1. The predicted molar refractivity (Wildman–Crippen MR) is 71.5 cm³/mol. The lowest BCUT2D eigenvalue weighted by molar-refractivity contribution is 0.175. The number of nitrogens with zero attached hydrogens (tertiary/aromatic N) is 1. The molecule has 3 nitrogen and oxygen atoms in total. The molecule has 0 saturated carbocycles. The minimum absolute atomic E-state index is 0.356. The number of ether oxygens (including phenoxy) is 1. The molecular weight excluding hydrogens is 232 g/mol. The van der Waals surface area contributed by atoms with Gasteiger partial charge in [-0.2, -0.15) is 0 Å². The molecule has 1 N–H and O–H groups in total. The summed E-state index contributed by atoms with van der Waals surface area (Å²) in [4.78, 5) is 6.04. The van der Waals surface area contributed by atoms with Gasteiger partial charge in [-0.05, 0) is 20.3 Å². The van der Waals surface area contributed by atoms with Gasteiger partial charge in [0.25, 0.3) is 0 Å². The van der Waals surface area contributed by atoms with Gasteiger partial charge in [-0.3, -0.25) is 0 Å². The number of rotatable bonds is 4. The van der Waals surface area contributed by atoms with Crippen molar-refractivity contribution in [3.05, 3.63) is 15.6 Å². The molecule has 0 bridgehead atoms. The molecule has 0 spiro atoms. The molecule has 1 saturated heterocycles. The molecule has 17 heavy (non-hydrogen) atoms. The summed E-state index contributed by atoms with van der Waals surface area (Å²) in [6.45, 7) is 10.4. The second-order valence-electron chi connectivity index (χ2n) is 5.12. The van der Waals surface area contributed by atoms with Crippen molar-refractivity contribution >= 4 is 11.3 Å². The fourth-order valence-electron chi connectivity index (χ4n) is 2.21. The van der Waals surface area contributed by atoms with E-state index in [1.165, 1.54) is 15.6 Å². The van der Waals surface area contributed by atoms with Crippen LogP contribution in [0.15, 0.2) is 0 Å². The minimum Gasteiger partial charge on any atom is -0.381 e. The first kappa shape index (κ1) is 13.0. The van der Waals surface area contributed by atoms with Gasteiger partial charge in [0.2, 0.25) is 0 Å². The third-order valence-corrected chi connectivity index (χ3v) is 4.42. The van der Waals surface area contributed by atoms with Crippen molar-refractivity contribution in [3.63, 3.8) is 0 Å². The van der Waals surface area contributed by atoms with Crippen molar-refractivity contribution in [2.45, 2.75) is 46.2 Å². The van der Waals surface area contributed by atoms with Crippen LogP contribution in [-0.2, 0) is 4.74 Å². The largest absolute Gasteiger partial charge is 0.381 e. The molecule has 2 rings (SSSR count). The molecule has 2 unspecified atom stereocenters. The molecule has 1 fully saturated rings. The number of hydrogen-bond acceptors (Lipinski definition) is 4. The highest BCUT2D eigenvalue weighted by Crippen LogP contribution is 2.32.